The van der Waals surface area contributed by atoms with Crippen LogP contribution in [-0.4, -0.2) is 9.03 Å². The molecule has 0 N–H and O–H groups in total. The van der Waals surface area contributed by atoms with E-state index in [4.69, 9.17) is 0 Å². The van der Waals surface area contributed by atoms with Gasteiger partial charge in [-0.1, -0.05) is 158 Å². The zero-order valence-electron chi connectivity index (χ0n) is 29.2. The molecule has 2 aromatic heterocycles. The van der Waals surface area contributed by atoms with E-state index in [1.54, 1.807) is 4.52 Å². The fourth-order valence-electron chi connectivity index (χ4n) is 7.89. The molecule has 54 heavy (non-hydrogen) atoms. The number of benzene rings is 8. The molecule has 8 aromatic carbocycles. The van der Waals surface area contributed by atoms with Crippen LogP contribution in [0.4, 0.5) is 0 Å². The lowest BCUT2D eigenvalue weighted by Gasteiger charge is -2.14. The van der Waals surface area contributed by atoms with Crippen LogP contribution in [0, 0.1) is 0 Å². The largest absolute Gasteiger partial charge is 0.282 e. The van der Waals surface area contributed by atoms with Crippen molar-refractivity contribution in [1.82, 2.24) is 9.03 Å². The Labute approximate surface area is 311 Å². The Morgan fingerprint density at radius 3 is 1.00 bits per heavy atom. The number of fused-ring (bicyclic) bond motifs is 5. The van der Waals surface area contributed by atoms with Crippen LogP contribution in [0.1, 0.15) is 0 Å². The molecule has 0 saturated heterocycles. The zero-order chi connectivity index (χ0) is 36.2. The molecule has 0 aliphatic carbocycles. The van der Waals surface area contributed by atoms with Gasteiger partial charge in [-0.3, -0.25) is 9.59 Å². The molecule has 0 bridgehead atoms. The monoisotopic (exact) mass is 692 g/mol. The van der Waals surface area contributed by atoms with Crippen molar-refractivity contribution < 1.29 is 0 Å². The Hall–Kier alpha value is -7.30. The lowest BCUT2D eigenvalue weighted by molar-refractivity contribution is 0.841. The topological polar surface area (TPSA) is 43.0 Å². The Morgan fingerprint density at radius 1 is 0.259 bits per heavy atom. The summed E-state index contributed by atoms with van der Waals surface area (Å²) in [5, 5.41) is 1.00. The van der Waals surface area contributed by atoms with E-state index in [-0.39, 0.29) is 11.1 Å². The molecule has 4 heteroatoms. The highest BCUT2D eigenvalue weighted by atomic mass is 16.2. The van der Waals surface area contributed by atoms with Crippen LogP contribution in [0.2, 0.25) is 0 Å². The summed E-state index contributed by atoms with van der Waals surface area (Å²) in [5.74, 6) is 0. The molecule has 2 heterocycles. The van der Waals surface area contributed by atoms with Gasteiger partial charge in [0.2, 0.25) is 0 Å². The highest BCUT2D eigenvalue weighted by Crippen LogP contribution is 2.39. The molecule has 254 valence electrons. The molecule has 0 spiro atoms. The Morgan fingerprint density at radius 2 is 0.611 bits per heavy atom. The van der Waals surface area contributed by atoms with E-state index in [1.807, 2.05) is 97.1 Å². The van der Waals surface area contributed by atoms with E-state index in [1.165, 1.54) is 4.52 Å². The standard InChI is InChI=1S/C50H32N2O2/c53-49-45-31-39(43-29-37(33-13-5-1-6-14-33)21-25-41(43)35-17-9-3-10-18-35)23-27-47(45)51-48-28-24-40(32-46(48)50(54)52(49)51)44-30-38(34-15-7-2-8-16-34)22-26-42(44)36-19-11-4-12-20-36/h1-32H. The van der Waals surface area contributed by atoms with Crippen molar-refractivity contribution in [2.24, 2.45) is 0 Å². The van der Waals surface area contributed by atoms with Crippen LogP contribution < -0.4 is 11.1 Å². The van der Waals surface area contributed by atoms with Crippen molar-refractivity contribution >= 4 is 21.8 Å². The summed E-state index contributed by atoms with van der Waals surface area (Å²) in [4.78, 5) is 28.5. The molecule has 0 aliphatic heterocycles. The Kier molecular flexibility index (Phi) is 7.41. The quantitative estimate of drug-likeness (QED) is 0.174. The maximum Gasteiger partial charge on any atom is 0.282 e. The van der Waals surface area contributed by atoms with Gasteiger partial charge >= 0.3 is 0 Å². The Balaban J connectivity index is 1.14. The summed E-state index contributed by atoms with van der Waals surface area (Å²) >= 11 is 0. The van der Waals surface area contributed by atoms with Crippen molar-refractivity contribution in [2.75, 3.05) is 0 Å². The molecule has 0 fully saturated rings. The van der Waals surface area contributed by atoms with E-state index in [9.17, 15) is 9.59 Å². The molecule has 0 saturated carbocycles. The van der Waals surface area contributed by atoms with Gasteiger partial charge < -0.3 is 0 Å². The SMILES string of the molecule is O=c1c2cc(-c3cc(-c4ccccc4)ccc3-c3ccccc3)ccc2n2c3ccc(-c4cc(-c5ccccc5)ccc4-c4ccccc4)cc3c(=O)n12. The maximum absolute atomic E-state index is 14.2. The van der Waals surface area contributed by atoms with Gasteiger partial charge in [0, 0.05) is 0 Å². The van der Waals surface area contributed by atoms with Crippen LogP contribution in [-0.2, 0) is 0 Å². The fourth-order valence-corrected chi connectivity index (χ4v) is 7.89. The van der Waals surface area contributed by atoms with E-state index < -0.39 is 0 Å². The lowest BCUT2D eigenvalue weighted by Crippen LogP contribution is -2.21. The van der Waals surface area contributed by atoms with Crippen LogP contribution in [0.15, 0.2) is 204 Å². The number of rotatable bonds is 6. The first-order valence-electron chi connectivity index (χ1n) is 18.1. The van der Waals surface area contributed by atoms with Gasteiger partial charge in [0.25, 0.3) is 11.1 Å². The first-order chi connectivity index (χ1) is 26.6. The van der Waals surface area contributed by atoms with Gasteiger partial charge in [0.1, 0.15) is 0 Å². The molecule has 0 amide bonds. The summed E-state index contributed by atoms with van der Waals surface area (Å²) in [6, 6.07) is 66.1. The van der Waals surface area contributed by atoms with Crippen molar-refractivity contribution in [3.8, 4) is 66.8 Å². The fraction of sp³-hybridized carbons (Fsp3) is 0. The van der Waals surface area contributed by atoms with Crippen LogP contribution in [0.5, 0.6) is 0 Å². The lowest BCUT2D eigenvalue weighted by atomic mass is 9.90. The summed E-state index contributed by atoms with van der Waals surface area (Å²) in [5.41, 5.74) is 13.3. The zero-order valence-corrected chi connectivity index (χ0v) is 29.2. The van der Waals surface area contributed by atoms with Gasteiger partial charge in [-0.2, -0.15) is 4.52 Å². The van der Waals surface area contributed by atoms with Crippen LogP contribution in [0.25, 0.3) is 88.6 Å². The first-order valence-corrected chi connectivity index (χ1v) is 18.1. The van der Waals surface area contributed by atoms with Gasteiger partial charge in [0.15, 0.2) is 0 Å². The molecule has 0 unspecified atom stereocenters. The summed E-state index contributed by atoms with van der Waals surface area (Å²) in [6.07, 6.45) is 0. The third-order valence-corrected chi connectivity index (χ3v) is 10.5. The van der Waals surface area contributed by atoms with Gasteiger partial charge in [0.05, 0.1) is 21.8 Å². The minimum Gasteiger partial charge on any atom is -0.267 e. The molecule has 10 rings (SSSR count). The van der Waals surface area contributed by atoms with Crippen molar-refractivity contribution in [1.29, 1.82) is 0 Å². The third-order valence-electron chi connectivity index (χ3n) is 10.5. The minimum absolute atomic E-state index is 0.328. The average Bonchev–Trinajstić information content (AvgIpc) is 3.71. The van der Waals surface area contributed by atoms with E-state index in [2.05, 4.69) is 97.1 Å². The molecule has 10 aromatic rings. The summed E-state index contributed by atoms with van der Waals surface area (Å²) in [7, 11) is 0. The van der Waals surface area contributed by atoms with E-state index in [0.29, 0.717) is 21.8 Å². The van der Waals surface area contributed by atoms with Crippen LogP contribution in [0.3, 0.4) is 0 Å². The number of hydrogen-bond donors (Lipinski definition) is 0. The second-order valence-electron chi connectivity index (χ2n) is 13.7. The highest BCUT2D eigenvalue weighted by Gasteiger charge is 2.20. The smallest absolute Gasteiger partial charge is 0.267 e. The third kappa shape index (κ3) is 5.15. The van der Waals surface area contributed by atoms with Crippen molar-refractivity contribution in [3.63, 3.8) is 0 Å². The van der Waals surface area contributed by atoms with Crippen molar-refractivity contribution in [2.45, 2.75) is 0 Å². The van der Waals surface area contributed by atoms with Gasteiger partial charge in [-0.05, 0) is 103 Å². The second kappa shape index (κ2) is 12.7. The number of nitrogens with zero attached hydrogens (tertiary/aromatic N) is 2. The minimum atomic E-state index is -0.328. The normalized spacial score (nSPS) is 11.5. The predicted molar refractivity (Wildman–Crippen MR) is 222 cm³/mol. The highest BCUT2D eigenvalue weighted by molar-refractivity contribution is 5.96. The van der Waals surface area contributed by atoms with Crippen molar-refractivity contribution in [3.05, 3.63) is 215 Å². The average molecular weight is 693 g/mol. The molecule has 4 nitrogen and oxygen atoms in total. The Bertz CT molecular complexity index is 2900. The van der Waals surface area contributed by atoms with Gasteiger partial charge in [-0.25, -0.2) is 4.52 Å². The number of aromatic nitrogens is 2. The molecular formula is C50H32N2O2. The predicted octanol–water partition coefficient (Wildman–Crippen LogP) is 11.5. The summed E-state index contributed by atoms with van der Waals surface area (Å²) in [6.45, 7) is 0. The summed E-state index contributed by atoms with van der Waals surface area (Å²) < 4.78 is 3.07. The molecular weight excluding hydrogens is 661 g/mol. The first kappa shape index (κ1) is 31.4. The van der Waals surface area contributed by atoms with Gasteiger partial charge in [-0.15, -0.1) is 0 Å². The van der Waals surface area contributed by atoms with E-state index >= 15 is 0 Å². The molecule has 0 atom stereocenters. The van der Waals surface area contributed by atoms with Crippen LogP contribution >= 0.6 is 0 Å². The second-order valence-corrected chi connectivity index (χ2v) is 13.7. The molecule has 0 aliphatic rings. The van der Waals surface area contributed by atoms with E-state index in [0.717, 1.165) is 66.8 Å². The number of hydrogen-bond acceptors (Lipinski definition) is 2. The maximum atomic E-state index is 14.2. The molecule has 0 radical (unpaired) electrons.